The Kier molecular flexibility index (Phi) is 21.2. The molecule has 0 aliphatic carbocycles. The molecule has 0 fully saturated rings. The third-order valence-corrected chi connectivity index (χ3v) is 8.56. The minimum atomic E-state index is 0.991. The van der Waals surface area contributed by atoms with Crippen molar-refractivity contribution in [1.82, 2.24) is 0 Å². The van der Waals surface area contributed by atoms with Gasteiger partial charge in [-0.25, -0.2) is 0 Å². The number of hydrogen-bond donors (Lipinski definition) is 0. The Morgan fingerprint density at radius 3 is 1.77 bits per heavy atom. The summed E-state index contributed by atoms with van der Waals surface area (Å²) < 4.78 is 0. The maximum absolute atomic E-state index is 5.39. The van der Waals surface area contributed by atoms with Gasteiger partial charge in [0, 0.05) is 0 Å². The Morgan fingerprint density at radius 1 is 0.500 bits per heavy atom. The van der Waals surface area contributed by atoms with Crippen LogP contribution in [0.4, 0.5) is 11.4 Å². The summed E-state index contributed by atoms with van der Waals surface area (Å²) in [4.78, 5) is 10.7. The fourth-order valence-corrected chi connectivity index (χ4v) is 5.91. The summed E-state index contributed by atoms with van der Waals surface area (Å²) in [6, 6.07) is 15.7. The van der Waals surface area contributed by atoms with Crippen LogP contribution >= 0.6 is 0 Å². The van der Waals surface area contributed by atoms with Gasteiger partial charge < -0.3 is 0 Å². The second-order valence-corrected chi connectivity index (χ2v) is 12.7. The van der Waals surface area contributed by atoms with Gasteiger partial charge in [0.25, 0.3) is 0 Å². The highest BCUT2D eigenvalue weighted by atomic mass is 14.8. The van der Waals surface area contributed by atoms with Crippen molar-refractivity contribution in [3.8, 4) is 0 Å². The van der Waals surface area contributed by atoms with Gasteiger partial charge in [-0.15, -0.1) is 0 Å². The molecule has 0 heterocycles. The molecule has 0 spiro atoms. The van der Waals surface area contributed by atoms with Crippen molar-refractivity contribution in [2.24, 2.45) is 9.98 Å². The fraction of sp³-hybridized carbons (Fsp3) is 0.619. The maximum Gasteiger partial charge on any atom is 0.0665 e. The van der Waals surface area contributed by atoms with Crippen LogP contribution in [0.3, 0.4) is 0 Å². The minimum Gasteiger partial charge on any atom is -0.252 e. The van der Waals surface area contributed by atoms with Gasteiger partial charge in [-0.1, -0.05) is 135 Å². The zero-order chi connectivity index (χ0) is 31.7. The molecule has 0 atom stereocenters. The van der Waals surface area contributed by atoms with E-state index < -0.39 is 0 Å². The van der Waals surface area contributed by atoms with Crippen molar-refractivity contribution >= 4 is 22.8 Å². The predicted octanol–water partition coefficient (Wildman–Crippen LogP) is 13.8. The maximum atomic E-state index is 5.39. The average Bonchev–Trinajstić information content (AvgIpc) is 3.04. The molecule has 244 valence electrons. The van der Waals surface area contributed by atoms with Crippen LogP contribution in [0.2, 0.25) is 0 Å². The molecule has 2 heteroatoms. The lowest BCUT2D eigenvalue weighted by atomic mass is 9.98. The van der Waals surface area contributed by atoms with Gasteiger partial charge in [0.15, 0.2) is 0 Å². The second kappa shape index (κ2) is 24.8. The molecule has 0 radical (unpaired) electrons. The Morgan fingerprint density at radius 2 is 1.09 bits per heavy atom. The first-order valence-corrected chi connectivity index (χ1v) is 18.7. The lowest BCUT2D eigenvalue weighted by molar-refractivity contribution is 0.592. The molecule has 2 rings (SSSR count). The SMILES string of the molecule is CCCCCCCCCC=CCCCc1ccccc1N=C(CCCC)C(CCCC)=Nc1ccc(CCC)c(CCC)c1. The van der Waals surface area contributed by atoms with E-state index in [9.17, 15) is 0 Å². The molecule has 0 saturated heterocycles. The van der Waals surface area contributed by atoms with Crippen molar-refractivity contribution < 1.29 is 0 Å². The van der Waals surface area contributed by atoms with Gasteiger partial charge >= 0.3 is 0 Å². The number of rotatable bonds is 25. The smallest absolute Gasteiger partial charge is 0.0665 e. The average molecular weight is 599 g/mol. The molecule has 2 nitrogen and oxygen atoms in total. The largest absolute Gasteiger partial charge is 0.252 e. The second-order valence-electron chi connectivity index (χ2n) is 12.7. The summed E-state index contributed by atoms with van der Waals surface area (Å²) >= 11 is 0. The van der Waals surface area contributed by atoms with Crippen molar-refractivity contribution in [3.63, 3.8) is 0 Å². The van der Waals surface area contributed by atoms with E-state index >= 15 is 0 Å². The molecule has 2 aromatic carbocycles. The quantitative estimate of drug-likeness (QED) is 0.0617. The highest BCUT2D eigenvalue weighted by Gasteiger charge is 2.12. The molecule has 0 unspecified atom stereocenters. The highest BCUT2D eigenvalue weighted by Crippen LogP contribution is 2.26. The van der Waals surface area contributed by atoms with E-state index in [0.29, 0.717) is 0 Å². The Labute approximate surface area is 273 Å². The van der Waals surface area contributed by atoms with Gasteiger partial charge in [0.05, 0.1) is 22.8 Å². The van der Waals surface area contributed by atoms with E-state index in [2.05, 4.69) is 89.2 Å². The predicted molar refractivity (Wildman–Crippen MR) is 199 cm³/mol. The van der Waals surface area contributed by atoms with Gasteiger partial charge in [0.1, 0.15) is 0 Å². The van der Waals surface area contributed by atoms with Crippen LogP contribution in [-0.4, -0.2) is 11.4 Å². The van der Waals surface area contributed by atoms with E-state index in [1.165, 1.54) is 112 Å². The van der Waals surface area contributed by atoms with Crippen LogP contribution in [0.15, 0.2) is 64.6 Å². The molecule has 0 aromatic heterocycles. The van der Waals surface area contributed by atoms with Crippen LogP contribution in [0.1, 0.15) is 167 Å². The zero-order valence-electron chi connectivity index (χ0n) is 29.4. The van der Waals surface area contributed by atoms with E-state index in [4.69, 9.17) is 9.98 Å². The molecule has 0 aliphatic heterocycles. The Bertz CT molecular complexity index is 1110. The van der Waals surface area contributed by atoms with Crippen molar-refractivity contribution in [3.05, 3.63) is 71.3 Å². The summed E-state index contributed by atoms with van der Waals surface area (Å²) in [7, 11) is 0. The molecule has 0 N–H and O–H groups in total. The van der Waals surface area contributed by atoms with E-state index in [1.54, 1.807) is 0 Å². The highest BCUT2D eigenvalue weighted by molar-refractivity contribution is 6.43. The van der Waals surface area contributed by atoms with Crippen molar-refractivity contribution in [2.45, 2.75) is 169 Å². The number of para-hydroxylation sites is 1. The monoisotopic (exact) mass is 599 g/mol. The van der Waals surface area contributed by atoms with Gasteiger partial charge in [-0.3, -0.25) is 9.98 Å². The van der Waals surface area contributed by atoms with Crippen molar-refractivity contribution in [2.75, 3.05) is 0 Å². The number of nitrogens with zero attached hydrogens (tertiary/aromatic N) is 2. The standard InChI is InChI=1S/C42H66N2/c1-6-11-14-15-16-17-18-19-20-21-22-23-28-37-29-24-25-32-40(37)44-42(31-13-8-3)41(30-12-7-2)43-39-34-33-36(26-9-4)38(35-39)27-10-5/h20-21,24-25,29,32-35H,6-19,22-23,26-28,30-31H2,1-5H3. The van der Waals surface area contributed by atoms with Crippen LogP contribution in [0.25, 0.3) is 0 Å². The number of benzene rings is 2. The molecule has 44 heavy (non-hydrogen) atoms. The van der Waals surface area contributed by atoms with Crippen LogP contribution < -0.4 is 0 Å². The molecular weight excluding hydrogens is 532 g/mol. The molecule has 0 amide bonds. The molecular formula is C42H66N2. The summed E-state index contributed by atoms with van der Waals surface area (Å²) in [5, 5.41) is 0. The lowest BCUT2D eigenvalue weighted by Crippen LogP contribution is -2.14. The van der Waals surface area contributed by atoms with Crippen molar-refractivity contribution in [1.29, 1.82) is 0 Å². The number of hydrogen-bond acceptors (Lipinski definition) is 2. The Hall–Kier alpha value is -2.48. The number of unbranched alkanes of at least 4 members (excludes halogenated alkanes) is 10. The molecule has 0 bridgehead atoms. The van der Waals surface area contributed by atoms with Crippen LogP contribution in [0.5, 0.6) is 0 Å². The van der Waals surface area contributed by atoms with Crippen LogP contribution in [-0.2, 0) is 19.3 Å². The normalized spacial score (nSPS) is 12.5. The Balaban J connectivity index is 2.16. The van der Waals surface area contributed by atoms with Gasteiger partial charge in [-0.2, -0.15) is 0 Å². The summed E-state index contributed by atoms with van der Waals surface area (Å²) in [5.74, 6) is 0. The van der Waals surface area contributed by atoms with Gasteiger partial charge in [-0.05, 0) is 106 Å². The summed E-state index contributed by atoms with van der Waals surface area (Å²) in [6.45, 7) is 11.4. The summed E-state index contributed by atoms with van der Waals surface area (Å²) in [6.07, 6.45) is 30.4. The molecule has 2 aromatic rings. The summed E-state index contributed by atoms with van der Waals surface area (Å²) in [5.41, 5.74) is 8.95. The first-order chi connectivity index (χ1) is 21.7. The zero-order valence-corrected chi connectivity index (χ0v) is 29.4. The first kappa shape index (κ1) is 37.7. The third kappa shape index (κ3) is 15.5. The van der Waals surface area contributed by atoms with E-state index in [0.717, 1.165) is 62.7 Å². The van der Waals surface area contributed by atoms with E-state index in [1.807, 2.05) is 0 Å². The van der Waals surface area contributed by atoms with Gasteiger partial charge in [0.2, 0.25) is 0 Å². The number of aryl methyl sites for hydroxylation is 3. The number of allylic oxidation sites excluding steroid dienone is 2. The third-order valence-electron chi connectivity index (χ3n) is 8.56. The molecule has 0 aliphatic rings. The fourth-order valence-electron chi connectivity index (χ4n) is 5.91. The molecule has 0 saturated carbocycles. The van der Waals surface area contributed by atoms with E-state index in [-0.39, 0.29) is 0 Å². The lowest BCUT2D eigenvalue weighted by Gasteiger charge is -2.14. The first-order valence-electron chi connectivity index (χ1n) is 18.7. The minimum absolute atomic E-state index is 0.991. The number of aliphatic imine (C=N–C) groups is 2. The van der Waals surface area contributed by atoms with Crippen LogP contribution in [0, 0.1) is 0 Å². The topological polar surface area (TPSA) is 24.7 Å².